The minimum atomic E-state index is 0.381. The second-order valence-electron chi connectivity index (χ2n) is 5.38. The van der Waals surface area contributed by atoms with Gasteiger partial charge in [-0.05, 0) is 38.8 Å². The van der Waals surface area contributed by atoms with E-state index in [-0.39, 0.29) is 0 Å². The second-order valence-corrected chi connectivity index (χ2v) is 5.38. The SMILES string of the molecule is C1CCC(c2n[nH]c(COC3CCNCC3)n2)C1. The number of nitrogens with one attached hydrogen (secondary N) is 2. The third kappa shape index (κ3) is 2.90. The van der Waals surface area contributed by atoms with E-state index in [4.69, 9.17) is 4.74 Å². The Labute approximate surface area is 108 Å². The molecule has 2 aliphatic rings. The lowest BCUT2D eigenvalue weighted by molar-refractivity contribution is 0.0179. The number of ether oxygens (including phenoxy) is 1. The maximum Gasteiger partial charge on any atom is 0.153 e. The summed E-state index contributed by atoms with van der Waals surface area (Å²) in [5, 5.41) is 10.7. The molecule has 3 rings (SSSR count). The van der Waals surface area contributed by atoms with Crippen LogP contribution in [0.2, 0.25) is 0 Å². The van der Waals surface area contributed by atoms with E-state index in [1.54, 1.807) is 0 Å². The topological polar surface area (TPSA) is 62.8 Å². The van der Waals surface area contributed by atoms with Crippen molar-refractivity contribution in [2.75, 3.05) is 13.1 Å². The minimum absolute atomic E-state index is 0.381. The van der Waals surface area contributed by atoms with Gasteiger partial charge in [0.15, 0.2) is 11.6 Å². The number of aromatic amines is 1. The van der Waals surface area contributed by atoms with Crippen LogP contribution in [-0.2, 0) is 11.3 Å². The summed E-state index contributed by atoms with van der Waals surface area (Å²) >= 11 is 0. The van der Waals surface area contributed by atoms with Crippen LogP contribution in [0.25, 0.3) is 0 Å². The van der Waals surface area contributed by atoms with Gasteiger partial charge in [-0.1, -0.05) is 12.8 Å². The predicted molar refractivity (Wildman–Crippen MR) is 68.3 cm³/mol. The molecule has 18 heavy (non-hydrogen) atoms. The molecule has 0 unspecified atom stereocenters. The molecule has 0 amide bonds. The molecule has 0 spiro atoms. The average molecular weight is 250 g/mol. The minimum Gasteiger partial charge on any atom is -0.370 e. The standard InChI is InChI=1S/C13H22N4O/c1-2-4-10(3-1)13-15-12(16-17-13)9-18-11-5-7-14-8-6-11/h10-11,14H,1-9H2,(H,15,16,17). The van der Waals surface area contributed by atoms with Gasteiger partial charge >= 0.3 is 0 Å². The Morgan fingerprint density at radius 3 is 2.67 bits per heavy atom. The monoisotopic (exact) mass is 250 g/mol. The highest BCUT2D eigenvalue weighted by Crippen LogP contribution is 2.31. The molecule has 2 heterocycles. The summed E-state index contributed by atoms with van der Waals surface area (Å²) in [5.41, 5.74) is 0. The molecule has 0 bridgehead atoms. The lowest BCUT2D eigenvalue weighted by atomic mass is 10.1. The molecule has 5 nitrogen and oxygen atoms in total. The lowest BCUT2D eigenvalue weighted by Gasteiger charge is -2.22. The van der Waals surface area contributed by atoms with E-state index in [1.165, 1.54) is 25.7 Å². The summed E-state index contributed by atoms with van der Waals surface area (Å²) in [6.45, 7) is 2.70. The van der Waals surface area contributed by atoms with Crippen molar-refractivity contribution in [2.45, 2.75) is 57.2 Å². The van der Waals surface area contributed by atoms with E-state index >= 15 is 0 Å². The molecule has 100 valence electrons. The Hall–Kier alpha value is -0.940. The highest BCUT2D eigenvalue weighted by Gasteiger charge is 2.21. The summed E-state index contributed by atoms with van der Waals surface area (Å²) in [4.78, 5) is 4.57. The first kappa shape index (κ1) is 12.1. The quantitative estimate of drug-likeness (QED) is 0.854. The first-order valence-corrected chi connectivity index (χ1v) is 7.15. The van der Waals surface area contributed by atoms with Crippen LogP contribution in [-0.4, -0.2) is 34.4 Å². The highest BCUT2D eigenvalue weighted by molar-refractivity contribution is 4.99. The zero-order valence-corrected chi connectivity index (χ0v) is 10.8. The molecule has 1 aromatic heterocycles. The molecule has 1 saturated heterocycles. The third-order valence-corrected chi connectivity index (χ3v) is 4.01. The van der Waals surface area contributed by atoms with Crippen LogP contribution in [0.5, 0.6) is 0 Å². The van der Waals surface area contributed by atoms with Crippen LogP contribution in [0.1, 0.15) is 56.1 Å². The molecule has 1 saturated carbocycles. The van der Waals surface area contributed by atoms with E-state index in [0.29, 0.717) is 18.6 Å². The van der Waals surface area contributed by atoms with Gasteiger partial charge in [-0.3, -0.25) is 5.10 Å². The number of nitrogens with zero attached hydrogens (tertiary/aromatic N) is 2. The van der Waals surface area contributed by atoms with E-state index < -0.39 is 0 Å². The summed E-state index contributed by atoms with van der Waals surface area (Å²) in [7, 11) is 0. The number of hydrogen-bond donors (Lipinski definition) is 2. The van der Waals surface area contributed by atoms with Crippen LogP contribution in [0.3, 0.4) is 0 Å². The molecule has 5 heteroatoms. The van der Waals surface area contributed by atoms with Crippen molar-refractivity contribution in [3.05, 3.63) is 11.6 Å². The van der Waals surface area contributed by atoms with Crippen LogP contribution in [0.4, 0.5) is 0 Å². The molecule has 1 aromatic rings. The Bertz CT molecular complexity index is 367. The van der Waals surface area contributed by atoms with Crippen molar-refractivity contribution in [1.82, 2.24) is 20.5 Å². The molecule has 1 aliphatic heterocycles. The largest absolute Gasteiger partial charge is 0.370 e. The fraction of sp³-hybridized carbons (Fsp3) is 0.846. The molecule has 0 radical (unpaired) electrons. The van der Waals surface area contributed by atoms with Gasteiger partial charge in [-0.15, -0.1) is 0 Å². The maximum absolute atomic E-state index is 5.87. The summed E-state index contributed by atoms with van der Waals surface area (Å²) in [6.07, 6.45) is 7.71. The third-order valence-electron chi connectivity index (χ3n) is 4.01. The van der Waals surface area contributed by atoms with Crippen LogP contribution >= 0.6 is 0 Å². The molecule has 2 N–H and O–H groups in total. The number of aromatic nitrogens is 3. The van der Waals surface area contributed by atoms with Crippen molar-refractivity contribution >= 4 is 0 Å². The van der Waals surface area contributed by atoms with E-state index in [0.717, 1.165) is 37.6 Å². The smallest absolute Gasteiger partial charge is 0.153 e. The second kappa shape index (κ2) is 5.80. The maximum atomic E-state index is 5.87. The zero-order valence-electron chi connectivity index (χ0n) is 10.8. The number of hydrogen-bond acceptors (Lipinski definition) is 4. The Morgan fingerprint density at radius 2 is 1.89 bits per heavy atom. The highest BCUT2D eigenvalue weighted by atomic mass is 16.5. The molecule has 2 fully saturated rings. The van der Waals surface area contributed by atoms with Crippen molar-refractivity contribution < 1.29 is 4.74 Å². The van der Waals surface area contributed by atoms with E-state index in [1.807, 2.05) is 0 Å². The molecular formula is C13H22N4O. The molecule has 1 aliphatic carbocycles. The van der Waals surface area contributed by atoms with Gasteiger partial charge in [0.05, 0.1) is 6.10 Å². The van der Waals surface area contributed by atoms with Gasteiger partial charge in [0.2, 0.25) is 0 Å². The Balaban J connectivity index is 1.50. The van der Waals surface area contributed by atoms with Crippen molar-refractivity contribution in [2.24, 2.45) is 0 Å². The van der Waals surface area contributed by atoms with Crippen molar-refractivity contribution in [3.8, 4) is 0 Å². The number of piperidine rings is 1. The number of rotatable bonds is 4. The van der Waals surface area contributed by atoms with Gasteiger partial charge in [-0.2, -0.15) is 5.10 Å². The van der Waals surface area contributed by atoms with Gasteiger partial charge in [-0.25, -0.2) is 4.98 Å². The Morgan fingerprint density at radius 1 is 1.11 bits per heavy atom. The van der Waals surface area contributed by atoms with E-state index in [2.05, 4.69) is 20.5 Å². The first-order valence-electron chi connectivity index (χ1n) is 7.15. The van der Waals surface area contributed by atoms with Crippen molar-refractivity contribution in [3.63, 3.8) is 0 Å². The van der Waals surface area contributed by atoms with Gasteiger partial charge in [0.1, 0.15) is 6.61 Å². The predicted octanol–water partition coefficient (Wildman–Crippen LogP) is 1.73. The van der Waals surface area contributed by atoms with Gasteiger partial charge in [0.25, 0.3) is 0 Å². The van der Waals surface area contributed by atoms with Crippen LogP contribution < -0.4 is 5.32 Å². The molecule has 0 aromatic carbocycles. The van der Waals surface area contributed by atoms with Gasteiger partial charge in [0, 0.05) is 5.92 Å². The van der Waals surface area contributed by atoms with Crippen LogP contribution in [0.15, 0.2) is 0 Å². The fourth-order valence-electron chi connectivity index (χ4n) is 2.90. The number of H-pyrrole nitrogens is 1. The first-order chi connectivity index (χ1) is 8.92. The van der Waals surface area contributed by atoms with Crippen LogP contribution in [0, 0.1) is 0 Å². The molecular weight excluding hydrogens is 228 g/mol. The summed E-state index contributed by atoms with van der Waals surface area (Å²) in [6, 6.07) is 0. The normalized spacial score (nSPS) is 22.7. The fourth-order valence-corrected chi connectivity index (χ4v) is 2.90. The average Bonchev–Trinajstić information content (AvgIpc) is 3.08. The lowest BCUT2D eigenvalue weighted by Crippen LogP contribution is -2.32. The Kier molecular flexibility index (Phi) is 3.90. The van der Waals surface area contributed by atoms with Crippen molar-refractivity contribution in [1.29, 1.82) is 0 Å². The van der Waals surface area contributed by atoms with Gasteiger partial charge < -0.3 is 10.1 Å². The zero-order chi connectivity index (χ0) is 12.2. The molecule has 0 atom stereocenters. The summed E-state index contributed by atoms with van der Waals surface area (Å²) in [5.74, 6) is 2.46. The summed E-state index contributed by atoms with van der Waals surface area (Å²) < 4.78 is 5.87. The van der Waals surface area contributed by atoms with E-state index in [9.17, 15) is 0 Å².